The van der Waals surface area contributed by atoms with Crippen LogP contribution in [0.3, 0.4) is 0 Å². The van der Waals surface area contributed by atoms with Gasteiger partial charge < -0.3 is 15.2 Å². The number of rotatable bonds is 13. The first-order chi connectivity index (χ1) is 17.2. The number of halogens is 2. The number of anilines is 2. The van der Waals surface area contributed by atoms with Crippen molar-refractivity contribution in [2.45, 2.75) is 66.5 Å². The maximum Gasteiger partial charge on any atom is 0.277 e. The second-order valence-corrected chi connectivity index (χ2v) is 10.5. The van der Waals surface area contributed by atoms with Crippen LogP contribution in [0.5, 0.6) is 0 Å². The molecule has 0 fully saturated rings. The van der Waals surface area contributed by atoms with Gasteiger partial charge in [0.05, 0.1) is 29.7 Å². The van der Waals surface area contributed by atoms with Gasteiger partial charge in [-0.05, 0) is 62.1 Å². The number of benzene rings is 2. The fraction of sp³-hybridized carbons (Fsp3) is 0.481. The molecule has 0 spiro atoms. The Bertz CT molecular complexity index is 1180. The molecule has 1 atom stereocenters. The van der Waals surface area contributed by atoms with E-state index >= 15 is 4.39 Å². The average Bonchev–Trinajstić information content (AvgIpc) is 3.24. The molecule has 1 unspecified atom stereocenters. The van der Waals surface area contributed by atoms with E-state index in [1.807, 2.05) is 36.6 Å². The number of nitrogens with one attached hydrogen (secondary N) is 3. The minimum absolute atomic E-state index is 0.0731. The third kappa shape index (κ3) is 7.27. The van der Waals surface area contributed by atoms with Crippen molar-refractivity contribution in [3.8, 4) is 0 Å². The number of fused-ring (bicyclic) bond motifs is 1. The Balaban J connectivity index is 1.92. The minimum atomic E-state index is -0.567. The van der Waals surface area contributed by atoms with E-state index in [-0.39, 0.29) is 16.8 Å². The summed E-state index contributed by atoms with van der Waals surface area (Å²) >= 11 is 3.45. The zero-order chi connectivity index (χ0) is 26.2. The van der Waals surface area contributed by atoms with E-state index in [1.54, 1.807) is 12.4 Å². The highest BCUT2D eigenvalue weighted by Crippen LogP contribution is 2.32. The molecule has 0 saturated carbocycles. The van der Waals surface area contributed by atoms with Crippen LogP contribution in [-0.4, -0.2) is 34.7 Å². The number of aryl methyl sites for hydroxylation is 2. The molecule has 2 aromatic carbocycles. The van der Waals surface area contributed by atoms with Gasteiger partial charge in [0.2, 0.25) is 0 Å². The lowest BCUT2D eigenvalue weighted by Crippen LogP contribution is -2.27. The van der Waals surface area contributed by atoms with Crippen molar-refractivity contribution in [3.63, 3.8) is 0 Å². The Morgan fingerprint density at radius 3 is 2.69 bits per heavy atom. The molecule has 1 aromatic heterocycles. The molecule has 0 bridgehead atoms. The number of unbranched alkanes of at least 4 members (excludes halogenated alkanes) is 1. The molecule has 3 rings (SSSR count). The number of nitrogens with zero attached hydrogens (tertiary/aromatic N) is 2. The highest BCUT2D eigenvalue weighted by molar-refractivity contribution is 9.10. The third-order valence-corrected chi connectivity index (χ3v) is 6.65. The van der Waals surface area contributed by atoms with Crippen LogP contribution < -0.4 is 16.1 Å². The Morgan fingerprint density at radius 1 is 1.22 bits per heavy atom. The van der Waals surface area contributed by atoms with Crippen LogP contribution in [0.25, 0.3) is 11.0 Å². The summed E-state index contributed by atoms with van der Waals surface area (Å²) in [7, 11) is 0. The lowest BCUT2D eigenvalue weighted by Gasteiger charge is -2.17. The molecular formula is C27H37BrFN5O2. The predicted molar refractivity (Wildman–Crippen MR) is 147 cm³/mol. The molecule has 36 heavy (non-hydrogen) atoms. The number of carbonyl (C=O) groups excluding carboxylic acids is 1. The number of amides is 1. The Labute approximate surface area is 221 Å². The smallest absolute Gasteiger partial charge is 0.277 e. The van der Waals surface area contributed by atoms with Gasteiger partial charge in [0, 0.05) is 22.7 Å². The minimum Gasteiger partial charge on any atom is -0.352 e. The molecule has 9 heteroatoms. The molecule has 1 heterocycles. The van der Waals surface area contributed by atoms with Crippen molar-refractivity contribution < 1.29 is 14.0 Å². The number of aromatic nitrogens is 2. The molecule has 1 amide bonds. The summed E-state index contributed by atoms with van der Waals surface area (Å²) in [5.41, 5.74) is 5.14. The molecule has 3 aromatic rings. The van der Waals surface area contributed by atoms with Gasteiger partial charge in [0.15, 0.2) is 5.82 Å². The van der Waals surface area contributed by atoms with Crippen LogP contribution in [0, 0.1) is 18.7 Å². The van der Waals surface area contributed by atoms with Crippen molar-refractivity contribution in [1.82, 2.24) is 20.3 Å². The van der Waals surface area contributed by atoms with Gasteiger partial charge in [-0.25, -0.2) is 14.9 Å². The topological polar surface area (TPSA) is 80.2 Å². The van der Waals surface area contributed by atoms with E-state index in [2.05, 4.69) is 57.8 Å². The summed E-state index contributed by atoms with van der Waals surface area (Å²) in [5, 5.41) is 6.53. The maximum absolute atomic E-state index is 15.9. The molecule has 0 aliphatic carbocycles. The molecule has 0 aliphatic heterocycles. The quantitative estimate of drug-likeness (QED) is 0.164. The molecule has 7 nitrogen and oxygen atoms in total. The zero-order valence-corrected chi connectivity index (χ0v) is 23.3. The van der Waals surface area contributed by atoms with Gasteiger partial charge in [0.1, 0.15) is 5.52 Å². The Kier molecular flexibility index (Phi) is 10.3. The molecule has 0 radical (unpaired) electrons. The largest absolute Gasteiger partial charge is 0.352 e. The lowest BCUT2D eigenvalue weighted by molar-refractivity contribution is 0.0182. The van der Waals surface area contributed by atoms with Crippen molar-refractivity contribution in [1.29, 1.82) is 0 Å². The van der Waals surface area contributed by atoms with Crippen molar-refractivity contribution in [3.05, 3.63) is 52.0 Å². The number of imidazole rings is 1. The van der Waals surface area contributed by atoms with Gasteiger partial charge in [-0.3, -0.25) is 9.63 Å². The van der Waals surface area contributed by atoms with Crippen LogP contribution in [0.4, 0.5) is 15.8 Å². The SMILES string of the molecule is CCC(C)CONC(=O)c1cc2c(ncn2CCCCNC(C)C)c(F)c1Nc1ccc(Br)cc1C. The van der Waals surface area contributed by atoms with Crippen LogP contribution in [0.1, 0.15) is 62.9 Å². The Hall–Kier alpha value is -2.49. The lowest BCUT2D eigenvalue weighted by atomic mass is 10.1. The first-order valence-electron chi connectivity index (χ1n) is 12.6. The van der Waals surface area contributed by atoms with E-state index in [9.17, 15) is 4.79 Å². The van der Waals surface area contributed by atoms with Gasteiger partial charge in [-0.2, -0.15) is 0 Å². The normalized spacial score (nSPS) is 12.3. The molecule has 0 saturated heterocycles. The van der Waals surface area contributed by atoms with E-state index < -0.39 is 11.7 Å². The van der Waals surface area contributed by atoms with Gasteiger partial charge in [0.25, 0.3) is 5.91 Å². The summed E-state index contributed by atoms with van der Waals surface area (Å²) in [6, 6.07) is 7.77. The van der Waals surface area contributed by atoms with Crippen LogP contribution in [0.2, 0.25) is 0 Å². The fourth-order valence-corrected chi connectivity index (χ4v) is 4.23. The van der Waals surface area contributed by atoms with E-state index in [1.165, 1.54) is 0 Å². The summed E-state index contributed by atoms with van der Waals surface area (Å²) < 4.78 is 18.7. The number of hydrogen-bond donors (Lipinski definition) is 3. The van der Waals surface area contributed by atoms with Crippen molar-refractivity contribution >= 4 is 44.2 Å². The highest BCUT2D eigenvalue weighted by Gasteiger charge is 2.23. The third-order valence-electron chi connectivity index (χ3n) is 6.16. The van der Waals surface area contributed by atoms with E-state index in [4.69, 9.17) is 4.84 Å². The molecule has 0 aliphatic rings. The van der Waals surface area contributed by atoms with Crippen molar-refractivity contribution in [2.24, 2.45) is 5.92 Å². The first kappa shape index (κ1) is 28.1. The predicted octanol–water partition coefficient (Wildman–Crippen LogP) is 6.48. The van der Waals surface area contributed by atoms with Crippen molar-refractivity contribution in [2.75, 3.05) is 18.5 Å². The average molecular weight is 563 g/mol. The standard InChI is InChI=1S/C27H37BrFN5O2/c1-6-18(4)15-36-33-27(35)21-14-23-26(31-16-34(23)12-8-7-11-30-17(2)3)24(29)25(21)32-22-10-9-20(28)13-19(22)5/h9-10,13-14,16-18,30,32H,6-8,11-12,15H2,1-5H3,(H,33,35). The molecule has 3 N–H and O–H groups in total. The monoisotopic (exact) mass is 561 g/mol. The summed E-state index contributed by atoms with van der Waals surface area (Å²) in [6.45, 7) is 12.2. The highest BCUT2D eigenvalue weighted by atomic mass is 79.9. The number of carbonyl (C=O) groups is 1. The number of hydroxylamine groups is 1. The molecule has 196 valence electrons. The fourth-order valence-electron chi connectivity index (χ4n) is 3.76. The summed E-state index contributed by atoms with van der Waals surface area (Å²) in [5.74, 6) is -0.786. The van der Waals surface area contributed by atoms with E-state index in [0.717, 1.165) is 35.8 Å². The van der Waals surface area contributed by atoms with E-state index in [0.29, 0.717) is 36.3 Å². The second-order valence-electron chi connectivity index (χ2n) is 9.57. The summed E-state index contributed by atoms with van der Waals surface area (Å²) in [4.78, 5) is 22.9. The van der Waals surface area contributed by atoms with Crippen LogP contribution >= 0.6 is 15.9 Å². The Morgan fingerprint density at radius 2 is 2.00 bits per heavy atom. The number of hydrogen-bond acceptors (Lipinski definition) is 5. The van der Waals surface area contributed by atoms with Gasteiger partial charge in [-0.15, -0.1) is 0 Å². The second kappa shape index (κ2) is 13.2. The van der Waals surface area contributed by atoms with Crippen LogP contribution in [-0.2, 0) is 11.4 Å². The molecular weight excluding hydrogens is 525 g/mol. The zero-order valence-electron chi connectivity index (χ0n) is 21.8. The van der Waals surface area contributed by atoms with Crippen LogP contribution in [0.15, 0.2) is 35.1 Å². The van der Waals surface area contributed by atoms with Gasteiger partial charge in [-0.1, -0.05) is 50.0 Å². The first-order valence-corrected chi connectivity index (χ1v) is 13.4. The van der Waals surface area contributed by atoms with Gasteiger partial charge >= 0.3 is 0 Å². The maximum atomic E-state index is 15.9. The summed E-state index contributed by atoms with van der Waals surface area (Å²) in [6.07, 6.45) is 4.46.